The van der Waals surface area contributed by atoms with E-state index in [2.05, 4.69) is 25.6 Å². The Labute approximate surface area is 90.2 Å². The third-order valence-corrected chi connectivity index (χ3v) is 1.85. The molecule has 3 N–H and O–H groups in total. The topological polar surface area (TPSA) is 120 Å². The lowest BCUT2D eigenvalue weighted by molar-refractivity contribution is 0.318. The van der Waals surface area contributed by atoms with Crippen LogP contribution in [0.5, 0.6) is 0 Å². The lowest BCUT2D eigenvalue weighted by Crippen LogP contribution is -2.15. The number of oxime groups is 1. The van der Waals surface area contributed by atoms with Crippen molar-refractivity contribution in [3.8, 4) is 0 Å². The molecule has 0 saturated carbocycles. The number of hydrogen-bond acceptors (Lipinski definition) is 6. The molecule has 2 heterocycles. The van der Waals surface area contributed by atoms with E-state index in [0.29, 0.717) is 6.54 Å². The van der Waals surface area contributed by atoms with Crippen LogP contribution in [-0.2, 0) is 13.6 Å². The summed E-state index contributed by atoms with van der Waals surface area (Å²) in [5, 5.41) is 22.9. The van der Waals surface area contributed by atoms with Crippen LogP contribution in [0.3, 0.4) is 0 Å². The highest BCUT2D eigenvalue weighted by molar-refractivity contribution is 5.93. The zero-order chi connectivity index (χ0) is 11.5. The van der Waals surface area contributed by atoms with E-state index < -0.39 is 0 Å². The molecule has 16 heavy (non-hydrogen) atoms. The maximum atomic E-state index is 8.44. The van der Waals surface area contributed by atoms with Crippen molar-refractivity contribution in [2.24, 2.45) is 17.9 Å². The molecule has 9 nitrogen and oxygen atoms in total. The average molecular weight is 222 g/mol. The first kappa shape index (κ1) is 10.1. The van der Waals surface area contributed by atoms with Crippen molar-refractivity contribution in [1.82, 2.24) is 29.8 Å². The van der Waals surface area contributed by atoms with Crippen LogP contribution in [0.25, 0.3) is 0 Å². The van der Waals surface area contributed by atoms with Crippen LogP contribution in [0, 0.1) is 0 Å². The van der Waals surface area contributed by atoms with E-state index in [-0.39, 0.29) is 11.7 Å². The highest BCUT2D eigenvalue weighted by Gasteiger charge is 2.07. The molecule has 0 aliphatic heterocycles. The Hall–Kier alpha value is -2.45. The minimum Gasteiger partial charge on any atom is -0.409 e. The maximum Gasteiger partial charge on any atom is 0.219 e. The molecule has 0 aliphatic carbocycles. The second-order valence-corrected chi connectivity index (χ2v) is 3.13. The molecular weight excluding hydrogens is 212 g/mol. The van der Waals surface area contributed by atoms with Crippen molar-refractivity contribution in [2.75, 3.05) is 0 Å². The summed E-state index contributed by atoms with van der Waals surface area (Å²) < 4.78 is 3.12. The second kappa shape index (κ2) is 3.96. The normalized spacial score (nSPS) is 11.9. The van der Waals surface area contributed by atoms with Crippen molar-refractivity contribution in [3.05, 3.63) is 24.0 Å². The third kappa shape index (κ3) is 1.97. The fourth-order valence-electron chi connectivity index (χ4n) is 1.17. The average Bonchev–Trinajstić information content (AvgIpc) is 2.87. The van der Waals surface area contributed by atoms with E-state index in [4.69, 9.17) is 10.9 Å². The Morgan fingerprint density at radius 2 is 2.44 bits per heavy atom. The lowest BCUT2D eigenvalue weighted by Gasteiger charge is -1.94. The van der Waals surface area contributed by atoms with Gasteiger partial charge in [0.1, 0.15) is 12.0 Å². The third-order valence-electron chi connectivity index (χ3n) is 1.85. The van der Waals surface area contributed by atoms with Gasteiger partial charge in [0.25, 0.3) is 0 Å². The van der Waals surface area contributed by atoms with Crippen molar-refractivity contribution in [1.29, 1.82) is 0 Å². The molecule has 0 aromatic carbocycles. The van der Waals surface area contributed by atoms with Crippen molar-refractivity contribution < 1.29 is 5.21 Å². The van der Waals surface area contributed by atoms with Gasteiger partial charge in [-0.3, -0.25) is 4.68 Å². The van der Waals surface area contributed by atoms with Gasteiger partial charge in [0.15, 0.2) is 0 Å². The number of nitrogens with zero attached hydrogens (tertiary/aromatic N) is 7. The Morgan fingerprint density at radius 1 is 1.62 bits per heavy atom. The maximum absolute atomic E-state index is 8.44. The standard InChI is InChI=1S/C7H10N8O/c1-14-2-5(10-13-14)3-15-4-9-7(11-15)6(8)12-16/h2,4,16H,3H2,1H3,(H2,8,12). The molecule has 0 saturated heterocycles. The SMILES string of the molecule is Cn1cc(Cn2cnc(/C(N)=N/O)n2)nn1. The molecule has 0 aliphatic rings. The zero-order valence-electron chi connectivity index (χ0n) is 8.52. The van der Waals surface area contributed by atoms with Gasteiger partial charge in [-0.25, -0.2) is 9.67 Å². The van der Waals surface area contributed by atoms with E-state index in [9.17, 15) is 0 Å². The molecule has 2 rings (SSSR count). The van der Waals surface area contributed by atoms with E-state index in [1.165, 1.54) is 11.0 Å². The first-order valence-corrected chi connectivity index (χ1v) is 4.41. The monoisotopic (exact) mass is 222 g/mol. The first-order valence-electron chi connectivity index (χ1n) is 4.41. The Morgan fingerprint density at radius 3 is 3.06 bits per heavy atom. The van der Waals surface area contributed by atoms with Gasteiger partial charge in [-0.2, -0.15) is 0 Å². The van der Waals surface area contributed by atoms with E-state index in [0.717, 1.165) is 5.69 Å². The van der Waals surface area contributed by atoms with Crippen LogP contribution in [0.2, 0.25) is 0 Å². The Bertz CT molecular complexity index is 512. The predicted octanol–water partition coefficient (Wildman–Crippen LogP) is -1.45. The number of nitrogens with two attached hydrogens (primary N) is 1. The lowest BCUT2D eigenvalue weighted by atomic mass is 10.5. The number of amidine groups is 1. The second-order valence-electron chi connectivity index (χ2n) is 3.13. The summed E-state index contributed by atoms with van der Waals surface area (Å²) >= 11 is 0. The quantitative estimate of drug-likeness (QED) is 0.283. The van der Waals surface area contributed by atoms with Crippen LogP contribution in [0.15, 0.2) is 17.7 Å². The van der Waals surface area contributed by atoms with Gasteiger partial charge in [-0.05, 0) is 0 Å². The molecule has 0 radical (unpaired) electrons. The van der Waals surface area contributed by atoms with Crippen LogP contribution < -0.4 is 5.73 Å². The van der Waals surface area contributed by atoms with Crippen molar-refractivity contribution in [3.63, 3.8) is 0 Å². The van der Waals surface area contributed by atoms with Gasteiger partial charge in [-0.1, -0.05) is 10.4 Å². The van der Waals surface area contributed by atoms with Crippen molar-refractivity contribution in [2.45, 2.75) is 6.54 Å². The van der Waals surface area contributed by atoms with Gasteiger partial charge >= 0.3 is 0 Å². The van der Waals surface area contributed by atoms with Crippen LogP contribution >= 0.6 is 0 Å². The minimum atomic E-state index is -0.127. The number of aromatic nitrogens is 6. The summed E-state index contributed by atoms with van der Waals surface area (Å²) in [5.41, 5.74) is 6.08. The van der Waals surface area contributed by atoms with Gasteiger partial charge in [-0.15, -0.1) is 10.2 Å². The highest BCUT2D eigenvalue weighted by Crippen LogP contribution is 1.96. The van der Waals surface area contributed by atoms with Crippen molar-refractivity contribution >= 4 is 5.84 Å². The first-order chi connectivity index (χ1) is 7.69. The largest absolute Gasteiger partial charge is 0.409 e. The molecule has 0 fully saturated rings. The molecule has 0 amide bonds. The molecular formula is C7H10N8O. The van der Waals surface area contributed by atoms with Crippen LogP contribution in [-0.4, -0.2) is 40.8 Å². The molecule has 84 valence electrons. The number of hydrogen-bond donors (Lipinski definition) is 2. The highest BCUT2D eigenvalue weighted by atomic mass is 16.4. The summed E-state index contributed by atoms with van der Waals surface area (Å²) in [6.45, 7) is 0.430. The summed E-state index contributed by atoms with van der Waals surface area (Å²) in [5.74, 6) is 0.0456. The summed E-state index contributed by atoms with van der Waals surface area (Å²) in [7, 11) is 1.78. The van der Waals surface area contributed by atoms with Gasteiger partial charge in [0, 0.05) is 13.2 Å². The summed E-state index contributed by atoms with van der Waals surface area (Å²) in [4.78, 5) is 3.87. The van der Waals surface area contributed by atoms with Crippen LogP contribution in [0.1, 0.15) is 11.5 Å². The number of rotatable bonds is 3. The zero-order valence-corrected chi connectivity index (χ0v) is 8.52. The molecule has 2 aromatic heterocycles. The summed E-state index contributed by atoms with van der Waals surface area (Å²) in [6, 6.07) is 0. The predicted molar refractivity (Wildman–Crippen MR) is 52.6 cm³/mol. The molecule has 0 unspecified atom stereocenters. The molecule has 9 heteroatoms. The minimum absolute atomic E-state index is 0.127. The van der Waals surface area contributed by atoms with E-state index >= 15 is 0 Å². The van der Waals surface area contributed by atoms with Gasteiger partial charge in [0.05, 0.1) is 6.54 Å². The van der Waals surface area contributed by atoms with Gasteiger partial charge < -0.3 is 10.9 Å². The molecule has 2 aromatic rings. The molecule has 0 bridgehead atoms. The Kier molecular flexibility index (Phi) is 2.50. The van der Waals surface area contributed by atoms with E-state index in [1.807, 2.05) is 0 Å². The van der Waals surface area contributed by atoms with Crippen LogP contribution in [0.4, 0.5) is 0 Å². The Balaban J connectivity index is 2.14. The summed E-state index contributed by atoms with van der Waals surface area (Å²) in [6.07, 6.45) is 3.24. The molecule has 0 atom stereocenters. The number of aryl methyl sites for hydroxylation is 1. The van der Waals surface area contributed by atoms with Gasteiger partial charge in [0.2, 0.25) is 11.7 Å². The fourth-order valence-corrected chi connectivity index (χ4v) is 1.17. The van der Waals surface area contributed by atoms with E-state index in [1.54, 1.807) is 17.9 Å². The fraction of sp³-hybridized carbons (Fsp3) is 0.286. The molecule has 0 spiro atoms. The smallest absolute Gasteiger partial charge is 0.219 e.